The van der Waals surface area contributed by atoms with Crippen molar-refractivity contribution in [2.45, 2.75) is 31.7 Å². The maximum absolute atomic E-state index is 12.4. The van der Waals surface area contributed by atoms with Crippen molar-refractivity contribution in [1.82, 2.24) is 9.88 Å². The van der Waals surface area contributed by atoms with Crippen LogP contribution in [0, 0.1) is 17.4 Å². The Morgan fingerprint density at radius 2 is 1.87 bits per heavy atom. The number of aromatic nitrogens is 1. The van der Waals surface area contributed by atoms with Crippen molar-refractivity contribution in [3.63, 3.8) is 0 Å². The number of sulfonamides is 1. The second-order valence-corrected chi connectivity index (χ2v) is 7.89. The highest BCUT2D eigenvalue weighted by molar-refractivity contribution is 14.1. The summed E-state index contributed by atoms with van der Waals surface area (Å²) >= 11 is 2.15. The van der Waals surface area contributed by atoms with Gasteiger partial charge in [0.2, 0.25) is 15.9 Å². The Labute approximate surface area is 148 Å². The molecule has 2 rings (SSSR count). The Hall–Kier alpha value is -1.46. The zero-order valence-corrected chi connectivity index (χ0v) is 15.7. The van der Waals surface area contributed by atoms with Crippen molar-refractivity contribution in [2.24, 2.45) is 0 Å². The smallest absolute Gasteiger partial charge is 0.246 e. The van der Waals surface area contributed by atoms with Crippen LogP contribution in [0.1, 0.15) is 18.4 Å². The molecular formula is C14H16IN3O4S. The Morgan fingerprint density at radius 3 is 2.39 bits per heavy atom. The molecule has 124 valence electrons. The number of carbonyl (C=O) groups is 1. The summed E-state index contributed by atoms with van der Waals surface area (Å²) in [5.41, 5.74) is 0.846. The average molecular weight is 449 g/mol. The van der Waals surface area contributed by atoms with E-state index >= 15 is 0 Å². The first-order chi connectivity index (χ1) is 10.7. The van der Waals surface area contributed by atoms with Crippen molar-refractivity contribution < 1.29 is 17.7 Å². The summed E-state index contributed by atoms with van der Waals surface area (Å²) in [7, 11) is -3.89. The van der Waals surface area contributed by atoms with Crippen LogP contribution >= 0.6 is 22.6 Å². The van der Waals surface area contributed by atoms with Gasteiger partial charge in [-0.1, -0.05) is 5.16 Å². The third-order valence-electron chi connectivity index (χ3n) is 3.07. The maximum atomic E-state index is 12.4. The van der Waals surface area contributed by atoms with Crippen LogP contribution in [0.25, 0.3) is 0 Å². The first-order valence-electron chi connectivity index (χ1n) is 6.72. The summed E-state index contributed by atoms with van der Waals surface area (Å²) < 4.78 is 32.9. The standard InChI is InChI=1S/C14H16IN3O4S/c1-8-13(10(3)22-17-8)23(20,21)18-9(2)14(19)16-12-6-4-11(15)5-7-12/h4-7,9,18H,1-3H3,(H,16,19)/t9-/m1/s1. The van der Waals surface area contributed by atoms with Gasteiger partial charge in [-0.25, -0.2) is 8.42 Å². The van der Waals surface area contributed by atoms with Gasteiger partial charge in [-0.15, -0.1) is 0 Å². The molecule has 0 saturated carbocycles. The van der Waals surface area contributed by atoms with Crippen molar-refractivity contribution in [1.29, 1.82) is 0 Å². The molecular weight excluding hydrogens is 433 g/mol. The number of halogens is 1. The zero-order chi connectivity index (χ0) is 17.2. The first-order valence-corrected chi connectivity index (χ1v) is 9.28. The lowest BCUT2D eigenvalue weighted by atomic mass is 10.3. The van der Waals surface area contributed by atoms with Crippen molar-refractivity contribution in [3.8, 4) is 0 Å². The fraction of sp³-hybridized carbons (Fsp3) is 0.286. The summed E-state index contributed by atoms with van der Waals surface area (Å²) in [6, 6.07) is 6.22. The lowest BCUT2D eigenvalue weighted by Gasteiger charge is -2.14. The van der Waals surface area contributed by atoms with Gasteiger partial charge < -0.3 is 9.84 Å². The molecule has 0 aliphatic carbocycles. The van der Waals surface area contributed by atoms with Gasteiger partial charge in [-0.2, -0.15) is 4.72 Å². The van der Waals surface area contributed by atoms with Gasteiger partial charge in [0.1, 0.15) is 10.6 Å². The molecule has 0 bridgehead atoms. The molecule has 0 radical (unpaired) electrons. The summed E-state index contributed by atoms with van der Waals surface area (Å²) in [6.07, 6.45) is 0. The van der Waals surface area contributed by atoms with Crippen LogP contribution in [0.2, 0.25) is 0 Å². The number of hydrogen-bond acceptors (Lipinski definition) is 5. The van der Waals surface area contributed by atoms with Crippen LogP contribution < -0.4 is 10.0 Å². The van der Waals surface area contributed by atoms with Crippen molar-refractivity contribution >= 4 is 44.2 Å². The second kappa shape index (κ2) is 6.97. The number of benzene rings is 1. The normalized spacial score (nSPS) is 12.9. The third kappa shape index (κ3) is 4.30. The Morgan fingerprint density at radius 1 is 1.26 bits per heavy atom. The first kappa shape index (κ1) is 17.9. The van der Waals surface area contributed by atoms with E-state index in [1.807, 2.05) is 12.1 Å². The van der Waals surface area contributed by atoms with Crippen LogP contribution in [0.4, 0.5) is 5.69 Å². The molecule has 0 aliphatic heterocycles. The molecule has 0 unspecified atom stereocenters. The number of anilines is 1. The van der Waals surface area contributed by atoms with Crippen molar-refractivity contribution in [3.05, 3.63) is 39.3 Å². The van der Waals surface area contributed by atoms with Gasteiger partial charge in [0.25, 0.3) is 0 Å². The van der Waals surface area contributed by atoms with E-state index in [2.05, 4.69) is 37.8 Å². The molecule has 23 heavy (non-hydrogen) atoms. The summed E-state index contributed by atoms with van der Waals surface area (Å²) in [5, 5.41) is 6.27. The number of aryl methyl sites for hydroxylation is 2. The molecule has 2 N–H and O–H groups in total. The lowest BCUT2D eigenvalue weighted by molar-refractivity contribution is -0.117. The number of nitrogens with zero attached hydrogens (tertiary/aromatic N) is 1. The quantitative estimate of drug-likeness (QED) is 0.682. The molecule has 1 aromatic carbocycles. The summed E-state index contributed by atoms with van der Waals surface area (Å²) in [4.78, 5) is 12.1. The Bertz CT molecular complexity index is 796. The molecule has 0 aliphatic rings. The minimum absolute atomic E-state index is 0.0357. The second-order valence-electron chi connectivity index (χ2n) is 4.99. The maximum Gasteiger partial charge on any atom is 0.246 e. The van der Waals surface area contributed by atoms with Crippen LogP contribution in [0.3, 0.4) is 0 Å². The van der Waals surface area contributed by atoms with E-state index in [-0.39, 0.29) is 16.3 Å². The molecule has 1 heterocycles. The number of amides is 1. The van der Waals surface area contributed by atoms with E-state index in [1.54, 1.807) is 12.1 Å². The van der Waals surface area contributed by atoms with Gasteiger partial charge in [-0.3, -0.25) is 4.79 Å². The predicted octanol–water partition coefficient (Wildman–Crippen LogP) is 2.20. The Balaban J connectivity index is 2.10. The van der Waals surface area contributed by atoms with Crippen LogP contribution in [0.5, 0.6) is 0 Å². The molecule has 9 heteroatoms. The SMILES string of the molecule is Cc1noc(C)c1S(=O)(=O)N[C@H](C)C(=O)Nc1ccc(I)cc1. The van der Waals surface area contributed by atoms with Gasteiger partial charge >= 0.3 is 0 Å². The van der Waals surface area contributed by atoms with Crippen LogP contribution in [-0.2, 0) is 14.8 Å². The van der Waals surface area contributed by atoms with Gasteiger partial charge in [-0.05, 0) is 67.6 Å². The largest absolute Gasteiger partial charge is 0.360 e. The highest BCUT2D eigenvalue weighted by Gasteiger charge is 2.28. The van der Waals surface area contributed by atoms with Crippen LogP contribution in [0.15, 0.2) is 33.7 Å². The fourth-order valence-electron chi connectivity index (χ4n) is 1.99. The Kier molecular flexibility index (Phi) is 5.42. The number of nitrogens with one attached hydrogen (secondary N) is 2. The van der Waals surface area contributed by atoms with Crippen LogP contribution in [-0.4, -0.2) is 25.5 Å². The molecule has 1 aromatic heterocycles. The van der Waals surface area contributed by atoms with E-state index in [4.69, 9.17) is 4.52 Å². The number of carbonyl (C=O) groups excluding carboxylic acids is 1. The lowest BCUT2D eigenvalue weighted by Crippen LogP contribution is -2.41. The molecule has 1 atom stereocenters. The third-order valence-corrected chi connectivity index (χ3v) is 5.58. The van der Waals surface area contributed by atoms with Gasteiger partial charge in [0.05, 0.1) is 6.04 Å². The monoisotopic (exact) mass is 449 g/mol. The van der Waals surface area contributed by atoms with Gasteiger partial charge in [0, 0.05) is 9.26 Å². The van der Waals surface area contributed by atoms with E-state index in [0.29, 0.717) is 5.69 Å². The van der Waals surface area contributed by atoms with E-state index in [9.17, 15) is 13.2 Å². The molecule has 1 amide bonds. The van der Waals surface area contributed by atoms with Gasteiger partial charge in [0.15, 0.2) is 5.76 Å². The summed E-state index contributed by atoms with van der Waals surface area (Å²) in [6.45, 7) is 4.50. The molecule has 7 nitrogen and oxygen atoms in total. The highest BCUT2D eigenvalue weighted by atomic mass is 127. The molecule has 0 fully saturated rings. The minimum Gasteiger partial charge on any atom is -0.360 e. The number of hydrogen-bond donors (Lipinski definition) is 2. The molecule has 0 spiro atoms. The topological polar surface area (TPSA) is 101 Å². The van der Waals surface area contributed by atoms with E-state index in [0.717, 1.165) is 3.57 Å². The predicted molar refractivity (Wildman–Crippen MR) is 93.5 cm³/mol. The average Bonchev–Trinajstić information content (AvgIpc) is 2.80. The zero-order valence-electron chi connectivity index (χ0n) is 12.8. The highest BCUT2D eigenvalue weighted by Crippen LogP contribution is 2.19. The minimum atomic E-state index is -3.89. The van der Waals surface area contributed by atoms with E-state index in [1.165, 1.54) is 20.8 Å². The molecule has 0 saturated heterocycles. The van der Waals surface area contributed by atoms with Crippen molar-refractivity contribution in [2.75, 3.05) is 5.32 Å². The van der Waals surface area contributed by atoms with E-state index < -0.39 is 22.0 Å². The summed E-state index contributed by atoms with van der Waals surface area (Å²) in [5.74, 6) is -0.276. The molecule has 2 aromatic rings. The number of rotatable bonds is 5. The fourth-order valence-corrected chi connectivity index (χ4v) is 3.88.